The number of carboxylic acid groups (broad SMARTS) is 1. The van der Waals surface area contributed by atoms with E-state index in [2.05, 4.69) is 20.6 Å². The number of nitrogens with zero attached hydrogens (tertiary/aromatic N) is 3. The van der Waals surface area contributed by atoms with Gasteiger partial charge in [-0.1, -0.05) is 12.1 Å². The van der Waals surface area contributed by atoms with Gasteiger partial charge in [0.15, 0.2) is 17.3 Å². The first kappa shape index (κ1) is 28.5. The summed E-state index contributed by atoms with van der Waals surface area (Å²) in [5, 5.41) is 23.7. The monoisotopic (exact) mass is 559 g/mol. The summed E-state index contributed by atoms with van der Waals surface area (Å²) in [6.45, 7) is 0.913. The Balaban J connectivity index is 0.000000505. The number of sulfonamides is 1. The Hall–Kier alpha value is -4.05. The van der Waals surface area contributed by atoms with Crippen LogP contribution in [0.15, 0.2) is 42.6 Å². The van der Waals surface area contributed by atoms with Gasteiger partial charge in [-0.15, -0.1) is 0 Å². The second-order valence-electron chi connectivity index (χ2n) is 7.78. The van der Waals surface area contributed by atoms with E-state index in [4.69, 9.17) is 9.90 Å². The van der Waals surface area contributed by atoms with Crippen molar-refractivity contribution in [2.45, 2.75) is 12.7 Å². The predicted octanol–water partition coefficient (Wildman–Crippen LogP) is 1.78. The average molecular weight is 559 g/mol. The van der Waals surface area contributed by atoms with Crippen LogP contribution in [0, 0.1) is 5.82 Å². The molecule has 1 aliphatic rings. The zero-order valence-electron chi connectivity index (χ0n) is 19.4. The molecular formula is C22H21F4N5O6S. The number of fused-ring (bicyclic) bond motifs is 1. The summed E-state index contributed by atoms with van der Waals surface area (Å²) >= 11 is 0. The Morgan fingerprint density at radius 1 is 1.13 bits per heavy atom. The molecule has 0 bridgehead atoms. The van der Waals surface area contributed by atoms with Crippen LogP contribution in [0.1, 0.15) is 16.1 Å². The molecule has 0 radical (unpaired) electrons. The van der Waals surface area contributed by atoms with Crippen molar-refractivity contribution in [2.75, 3.05) is 29.7 Å². The van der Waals surface area contributed by atoms with Crippen LogP contribution in [0.5, 0.6) is 5.75 Å². The molecule has 204 valence electrons. The van der Waals surface area contributed by atoms with Gasteiger partial charge in [-0.25, -0.2) is 22.6 Å². The molecule has 0 unspecified atom stereocenters. The van der Waals surface area contributed by atoms with Crippen LogP contribution >= 0.6 is 0 Å². The van der Waals surface area contributed by atoms with Crippen LogP contribution in [0.25, 0.3) is 10.9 Å². The molecule has 1 aromatic carbocycles. The summed E-state index contributed by atoms with van der Waals surface area (Å²) in [5.41, 5.74) is 0.386. The first-order valence-electron chi connectivity index (χ1n) is 10.8. The quantitative estimate of drug-likeness (QED) is 0.349. The van der Waals surface area contributed by atoms with Gasteiger partial charge in [0.25, 0.3) is 5.91 Å². The van der Waals surface area contributed by atoms with Crippen molar-refractivity contribution >= 4 is 38.6 Å². The molecular weight excluding hydrogens is 538 g/mol. The van der Waals surface area contributed by atoms with E-state index in [1.54, 1.807) is 12.1 Å². The van der Waals surface area contributed by atoms with E-state index in [9.17, 15) is 35.9 Å². The lowest BCUT2D eigenvalue weighted by Gasteiger charge is -2.23. The van der Waals surface area contributed by atoms with E-state index in [1.807, 2.05) is 0 Å². The highest BCUT2D eigenvalue weighted by molar-refractivity contribution is 7.92. The number of benzene rings is 1. The molecule has 38 heavy (non-hydrogen) atoms. The highest BCUT2D eigenvalue weighted by Gasteiger charge is 2.38. The highest BCUT2D eigenvalue weighted by Crippen LogP contribution is 2.33. The fourth-order valence-corrected chi connectivity index (χ4v) is 4.71. The standard InChI is InChI=1S/C20H20FN5O4S.C2HF3O2/c21-14-5-3-13(4-6-14)12-24-20(28)17-18(27)16-15(2-1-7-23-16)19(25-17)26-10-8-22-9-11-31(26,29)30;3-2(4,5)1(6)7/h1-7,22,27H,8-12H2,(H,24,28);(H,6,7). The van der Waals surface area contributed by atoms with Gasteiger partial charge in [-0.2, -0.15) is 13.2 Å². The van der Waals surface area contributed by atoms with Crippen LogP contribution in [0.4, 0.5) is 23.4 Å². The smallest absolute Gasteiger partial charge is 0.490 e. The molecule has 11 nitrogen and oxygen atoms in total. The molecule has 16 heteroatoms. The number of anilines is 1. The third kappa shape index (κ3) is 6.83. The molecule has 1 fully saturated rings. The summed E-state index contributed by atoms with van der Waals surface area (Å²) in [4.78, 5) is 30.1. The van der Waals surface area contributed by atoms with E-state index in [0.29, 0.717) is 24.0 Å². The van der Waals surface area contributed by atoms with Crippen molar-refractivity contribution in [1.82, 2.24) is 20.6 Å². The van der Waals surface area contributed by atoms with Crippen molar-refractivity contribution in [3.05, 3.63) is 59.7 Å². The van der Waals surface area contributed by atoms with Gasteiger partial charge >= 0.3 is 12.1 Å². The maximum Gasteiger partial charge on any atom is 0.490 e. The normalized spacial score (nSPS) is 15.2. The van der Waals surface area contributed by atoms with Crippen molar-refractivity contribution < 1.29 is 45.8 Å². The number of amides is 1. The van der Waals surface area contributed by atoms with Gasteiger partial charge in [0.05, 0.1) is 5.75 Å². The lowest BCUT2D eigenvalue weighted by Crippen LogP contribution is -2.35. The summed E-state index contributed by atoms with van der Waals surface area (Å²) in [5.74, 6) is -4.39. The molecule has 2 aromatic heterocycles. The molecule has 1 saturated heterocycles. The number of aromatic nitrogens is 2. The maximum atomic E-state index is 13.1. The molecule has 3 aromatic rings. The van der Waals surface area contributed by atoms with Gasteiger partial charge < -0.3 is 20.8 Å². The second-order valence-corrected chi connectivity index (χ2v) is 9.80. The number of hydrogen-bond acceptors (Lipinski definition) is 8. The minimum Gasteiger partial charge on any atom is -0.504 e. The number of hydrogen-bond donors (Lipinski definition) is 4. The number of carboxylic acids is 1. The van der Waals surface area contributed by atoms with E-state index >= 15 is 0 Å². The van der Waals surface area contributed by atoms with Crippen molar-refractivity contribution in [3.63, 3.8) is 0 Å². The van der Waals surface area contributed by atoms with Gasteiger partial charge in [-0.3, -0.25) is 14.1 Å². The Morgan fingerprint density at radius 3 is 2.42 bits per heavy atom. The number of halogens is 4. The Bertz CT molecular complexity index is 1430. The molecule has 0 atom stereocenters. The Kier molecular flexibility index (Phi) is 8.67. The number of aliphatic carboxylic acids is 1. The van der Waals surface area contributed by atoms with Gasteiger partial charge in [0.1, 0.15) is 11.3 Å². The molecule has 3 heterocycles. The van der Waals surface area contributed by atoms with Gasteiger partial charge in [0, 0.05) is 37.8 Å². The fraction of sp³-hybridized carbons (Fsp3) is 0.273. The molecule has 0 spiro atoms. The minimum absolute atomic E-state index is 0.0385. The molecule has 1 amide bonds. The zero-order chi connectivity index (χ0) is 28.1. The van der Waals surface area contributed by atoms with Gasteiger partial charge in [0.2, 0.25) is 10.0 Å². The number of rotatable bonds is 4. The lowest BCUT2D eigenvalue weighted by atomic mass is 10.2. The Morgan fingerprint density at radius 2 is 1.79 bits per heavy atom. The average Bonchev–Trinajstić information content (AvgIpc) is 3.04. The van der Waals surface area contributed by atoms with E-state index in [1.165, 1.54) is 30.5 Å². The molecule has 0 aliphatic carbocycles. The fourth-order valence-electron chi connectivity index (χ4n) is 3.32. The van der Waals surface area contributed by atoms with Crippen molar-refractivity contribution in [3.8, 4) is 5.75 Å². The van der Waals surface area contributed by atoms with E-state index in [0.717, 1.165) is 4.31 Å². The number of pyridine rings is 2. The van der Waals surface area contributed by atoms with Gasteiger partial charge in [-0.05, 0) is 29.8 Å². The largest absolute Gasteiger partial charge is 0.504 e. The topological polar surface area (TPSA) is 162 Å². The van der Waals surface area contributed by atoms with Crippen LogP contribution < -0.4 is 14.9 Å². The maximum absolute atomic E-state index is 13.1. The van der Waals surface area contributed by atoms with Crippen molar-refractivity contribution in [1.29, 1.82) is 0 Å². The van der Waals surface area contributed by atoms with E-state index < -0.39 is 39.6 Å². The van der Waals surface area contributed by atoms with Crippen LogP contribution in [-0.4, -0.2) is 72.0 Å². The summed E-state index contributed by atoms with van der Waals surface area (Å²) in [7, 11) is -3.69. The zero-order valence-corrected chi connectivity index (χ0v) is 20.2. The van der Waals surface area contributed by atoms with Crippen LogP contribution in [-0.2, 0) is 21.4 Å². The molecule has 4 N–H and O–H groups in total. The molecule has 4 rings (SSSR count). The third-order valence-electron chi connectivity index (χ3n) is 5.14. The predicted molar refractivity (Wildman–Crippen MR) is 126 cm³/mol. The Labute approximate surface area is 213 Å². The number of alkyl halides is 3. The third-order valence-corrected chi connectivity index (χ3v) is 6.89. The van der Waals surface area contributed by atoms with E-state index in [-0.39, 0.29) is 35.9 Å². The lowest BCUT2D eigenvalue weighted by molar-refractivity contribution is -0.192. The van der Waals surface area contributed by atoms with Crippen LogP contribution in [0.2, 0.25) is 0 Å². The molecule has 0 saturated carbocycles. The highest BCUT2D eigenvalue weighted by atomic mass is 32.2. The second kappa shape index (κ2) is 11.6. The van der Waals surface area contributed by atoms with Crippen molar-refractivity contribution in [2.24, 2.45) is 0 Å². The summed E-state index contributed by atoms with van der Waals surface area (Å²) < 4.78 is 71.5. The SMILES string of the molecule is O=C(NCc1ccc(F)cc1)c1nc(N2CCNCCS2(=O)=O)c2cccnc2c1O.O=C(O)C(F)(F)F. The first-order valence-corrected chi connectivity index (χ1v) is 12.4. The number of aromatic hydroxyl groups is 1. The number of carbonyl (C=O) groups is 2. The minimum atomic E-state index is -5.08. The number of nitrogens with one attached hydrogen (secondary N) is 2. The number of carbonyl (C=O) groups excluding carboxylic acids is 1. The first-order chi connectivity index (χ1) is 17.8. The van der Waals surface area contributed by atoms with Crippen LogP contribution in [0.3, 0.4) is 0 Å². The summed E-state index contributed by atoms with van der Waals surface area (Å²) in [6.07, 6.45) is -3.65. The summed E-state index contributed by atoms with van der Waals surface area (Å²) in [6, 6.07) is 8.78. The molecule has 1 aliphatic heterocycles.